The molecule has 0 aliphatic carbocycles. The highest BCUT2D eigenvalue weighted by Gasteiger charge is 2.30. The molecule has 184 valence electrons. The molecule has 4 N–H and O–H groups in total. The van der Waals surface area contributed by atoms with E-state index in [-0.39, 0.29) is 23.9 Å². The standard InChI is InChI=1S/C26H27N7O3/c1-15-28-24(36-33-15)20-13-27-25(31-22(20)30-21(14-34)16-7-5-4-6-8-16)29-18-9-10-19-17(11-18)12-26(2,3)32-23(19)35/h4-11,13,21,34H,12,14H2,1-3H3,(H,32,35)(H2,27,29,30,31)/t21-/m1/s1. The summed E-state index contributed by atoms with van der Waals surface area (Å²) < 4.78 is 5.36. The molecule has 5 rings (SSSR count). The fraction of sp³-hybridized carbons (Fsp3) is 0.269. The van der Waals surface area contributed by atoms with Gasteiger partial charge in [0.1, 0.15) is 11.4 Å². The number of anilines is 3. The van der Waals surface area contributed by atoms with Gasteiger partial charge in [0.2, 0.25) is 5.95 Å². The number of nitrogens with one attached hydrogen (secondary N) is 3. The van der Waals surface area contributed by atoms with Gasteiger partial charge in [-0.15, -0.1) is 0 Å². The Bertz CT molecular complexity index is 1400. The number of benzene rings is 2. The third kappa shape index (κ3) is 4.89. The molecule has 0 unspecified atom stereocenters. The maximum absolute atomic E-state index is 12.4. The zero-order chi connectivity index (χ0) is 25.3. The molecule has 1 amide bonds. The van der Waals surface area contributed by atoms with E-state index >= 15 is 0 Å². The maximum Gasteiger partial charge on any atom is 0.263 e. The van der Waals surface area contributed by atoms with E-state index in [2.05, 4.69) is 36.1 Å². The Morgan fingerprint density at radius 1 is 1.14 bits per heavy atom. The summed E-state index contributed by atoms with van der Waals surface area (Å²) in [5, 5.41) is 23.5. The number of carbonyl (C=O) groups excluding carboxylic acids is 1. The van der Waals surface area contributed by atoms with Crippen LogP contribution in [-0.2, 0) is 6.42 Å². The molecule has 1 aliphatic rings. The predicted molar refractivity (Wildman–Crippen MR) is 135 cm³/mol. The lowest BCUT2D eigenvalue weighted by Crippen LogP contribution is -2.49. The summed E-state index contributed by atoms with van der Waals surface area (Å²) in [6.45, 7) is 5.57. The molecule has 1 aliphatic heterocycles. The normalized spacial score (nSPS) is 15.1. The third-order valence-electron chi connectivity index (χ3n) is 5.93. The summed E-state index contributed by atoms with van der Waals surface area (Å²) in [7, 11) is 0. The summed E-state index contributed by atoms with van der Waals surface area (Å²) in [5.41, 5.74) is 3.47. The van der Waals surface area contributed by atoms with E-state index in [9.17, 15) is 9.90 Å². The summed E-state index contributed by atoms with van der Waals surface area (Å²) in [5.74, 6) is 1.44. The molecule has 2 aromatic carbocycles. The monoisotopic (exact) mass is 485 g/mol. The van der Waals surface area contributed by atoms with Crippen LogP contribution in [-0.4, -0.2) is 43.3 Å². The van der Waals surface area contributed by atoms with Crippen molar-refractivity contribution in [3.05, 3.63) is 77.2 Å². The quantitative estimate of drug-likeness (QED) is 0.308. The predicted octanol–water partition coefficient (Wildman–Crippen LogP) is 3.79. The third-order valence-corrected chi connectivity index (χ3v) is 5.93. The minimum Gasteiger partial charge on any atom is -0.394 e. The average molecular weight is 486 g/mol. The average Bonchev–Trinajstić information content (AvgIpc) is 3.28. The van der Waals surface area contributed by atoms with Crippen molar-refractivity contribution >= 4 is 23.4 Å². The lowest BCUT2D eigenvalue weighted by molar-refractivity contribution is 0.0897. The first kappa shape index (κ1) is 23.4. The molecule has 0 saturated carbocycles. The van der Waals surface area contributed by atoms with E-state index < -0.39 is 6.04 Å². The highest BCUT2D eigenvalue weighted by atomic mass is 16.5. The number of aryl methyl sites for hydroxylation is 1. The Labute approximate surface area is 208 Å². The minimum atomic E-state index is -0.416. The van der Waals surface area contributed by atoms with E-state index in [0.29, 0.717) is 35.1 Å². The zero-order valence-corrected chi connectivity index (χ0v) is 20.2. The molecule has 0 bridgehead atoms. The van der Waals surface area contributed by atoms with Crippen LogP contribution in [0, 0.1) is 6.92 Å². The van der Waals surface area contributed by atoms with Crippen molar-refractivity contribution in [1.29, 1.82) is 0 Å². The summed E-state index contributed by atoms with van der Waals surface area (Å²) in [4.78, 5) is 25.9. The molecule has 0 radical (unpaired) electrons. The second kappa shape index (κ2) is 9.38. The van der Waals surface area contributed by atoms with Gasteiger partial charge in [-0.2, -0.15) is 9.97 Å². The van der Waals surface area contributed by atoms with Crippen molar-refractivity contribution in [2.75, 3.05) is 17.2 Å². The fourth-order valence-corrected chi connectivity index (χ4v) is 4.26. The highest BCUT2D eigenvalue weighted by molar-refractivity contribution is 5.98. The van der Waals surface area contributed by atoms with Crippen LogP contribution in [0.3, 0.4) is 0 Å². The molecule has 0 saturated heterocycles. The fourth-order valence-electron chi connectivity index (χ4n) is 4.26. The minimum absolute atomic E-state index is 0.0781. The van der Waals surface area contributed by atoms with Crippen LogP contribution in [0.2, 0.25) is 0 Å². The Morgan fingerprint density at radius 3 is 2.67 bits per heavy atom. The van der Waals surface area contributed by atoms with Gasteiger partial charge < -0.3 is 25.6 Å². The number of amides is 1. The van der Waals surface area contributed by atoms with E-state index in [1.54, 1.807) is 19.2 Å². The number of nitrogens with zero attached hydrogens (tertiary/aromatic N) is 4. The molecule has 3 heterocycles. The molecule has 2 aromatic heterocycles. The van der Waals surface area contributed by atoms with Crippen LogP contribution >= 0.6 is 0 Å². The van der Waals surface area contributed by atoms with Crippen LogP contribution < -0.4 is 16.0 Å². The van der Waals surface area contributed by atoms with Crippen molar-refractivity contribution < 1.29 is 14.4 Å². The van der Waals surface area contributed by atoms with Crippen LogP contribution in [0.4, 0.5) is 17.5 Å². The molecule has 36 heavy (non-hydrogen) atoms. The van der Waals surface area contributed by atoms with Crippen LogP contribution in [0.25, 0.3) is 11.5 Å². The first-order valence-corrected chi connectivity index (χ1v) is 11.6. The first-order valence-electron chi connectivity index (χ1n) is 11.6. The lowest BCUT2D eigenvalue weighted by Gasteiger charge is -2.32. The van der Waals surface area contributed by atoms with Crippen LogP contribution in [0.15, 0.2) is 59.3 Å². The van der Waals surface area contributed by atoms with E-state index in [4.69, 9.17) is 4.52 Å². The smallest absolute Gasteiger partial charge is 0.263 e. The van der Waals surface area contributed by atoms with Gasteiger partial charge in [0, 0.05) is 23.0 Å². The topological polar surface area (TPSA) is 138 Å². The number of aromatic nitrogens is 4. The van der Waals surface area contributed by atoms with Crippen molar-refractivity contribution in [2.45, 2.75) is 38.8 Å². The van der Waals surface area contributed by atoms with E-state index in [1.807, 2.05) is 56.3 Å². The Hall–Kier alpha value is -4.31. The SMILES string of the molecule is Cc1noc(-c2cnc(Nc3ccc4c(c3)CC(C)(C)NC4=O)nc2N[C@H](CO)c2ccccc2)n1. The largest absolute Gasteiger partial charge is 0.394 e. The van der Waals surface area contributed by atoms with Gasteiger partial charge in [-0.25, -0.2) is 4.98 Å². The summed E-state index contributed by atoms with van der Waals surface area (Å²) in [6.07, 6.45) is 2.31. The van der Waals surface area contributed by atoms with Gasteiger partial charge in [0.15, 0.2) is 5.82 Å². The molecule has 10 nitrogen and oxygen atoms in total. The van der Waals surface area contributed by atoms with Crippen molar-refractivity contribution in [3.63, 3.8) is 0 Å². The van der Waals surface area contributed by atoms with Gasteiger partial charge in [-0.1, -0.05) is 35.5 Å². The van der Waals surface area contributed by atoms with Gasteiger partial charge in [0.05, 0.1) is 12.6 Å². The Kier molecular flexibility index (Phi) is 6.11. The number of rotatable bonds is 7. The Balaban J connectivity index is 1.48. The second-order valence-corrected chi connectivity index (χ2v) is 9.40. The van der Waals surface area contributed by atoms with Gasteiger partial charge in [-0.3, -0.25) is 4.79 Å². The number of aliphatic hydroxyl groups is 1. The molecule has 0 fully saturated rings. The molecular formula is C26H27N7O3. The molecule has 4 aromatic rings. The lowest BCUT2D eigenvalue weighted by atomic mass is 9.87. The highest BCUT2D eigenvalue weighted by Crippen LogP contribution is 2.31. The van der Waals surface area contributed by atoms with E-state index in [1.165, 1.54) is 0 Å². The number of hydrogen-bond acceptors (Lipinski definition) is 9. The van der Waals surface area contributed by atoms with E-state index in [0.717, 1.165) is 16.8 Å². The number of carbonyl (C=O) groups is 1. The van der Waals surface area contributed by atoms with Crippen LogP contribution in [0.5, 0.6) is 0 Å². The number of hydrogen-bond donors (Lipinski definition) is 4. The van der Waals surface area contributed by atoms with Crippen molar-refractivity contribution in [2.24, 2.45) is 0 Å². The first-order chi connectivity index (χ1) is 17.3. The number of aliphatic hydroxyl groups excluding tert-OH is 1. The molecule has 0 spiro atoms. The van der Waals surface area contributed by atoms with Gasteiger partial charge >= 0.3 is 0 Å². The summed E-state index contributed by atoms with van der Waals surface area (Å²) in [6, 6.07) is 14.7. The van der Waals surface area contributed by atoms with Crippen molar-refractivity contribution in [3.8, 4) is 11.5 Å². The maximum atomic E-state index is 12.4. The second-order valence-electron chi connectivity index (χ2n) is 9.40. The zero-order valence-electron chi connectivity index (χ0n) is 20.2. The molecule has 1 atom stereocenters. The molecular weight excluding hydrogens is 458 g/mol. The number of fused-ring (bicyclic) bond motifs is 1. The van der Waals surface area contributed by atoms with Crippen LogP contribution in [0.1, 0.15) is 47.2 Å². The Morgan fingerprint density at radius 2 is 1.94 bits per heavy atom. The van der Waals surface area contributed by atoms with Crippen molar-refractivity contribution in [1.82, 2.24) is 25.4 Å². The molecule has 10 heteroatoms. The van der Waals surface area contributed by atoms with Gasteiger partial charge in [0.25, 0.3) is 11.8 Å². The summed E-state index contributed by atoms with van der Waals surface area (Å²) >= 11 is 0. The van der Waals surface area contributed by atoms with Gasteiger partial charge in [-0.05, 0) is 56.5 Å².